The molecule has 2 rings (SSSR count). The maximum Gasteiger partial charge on any atom is 0.0402 e. The molecule has 0 amide bonds. The summed E-state index contributed by atoms with van der Waals surface area (Å²) >= 11 is 3.52. The molecule has 1 nitrogen and oxygen atoms in total. The van der Waals surface area contributed by atoms with Crippen molar-refractivity contribution in [2.45, 2.75) is 13.8 Å². The molecular formula is C17H18BrN. The van der Waals surface area contributed by atoms with Crippen LogP contribution in [0.15, 0.2) is 53.0 Å². The molecule has 2 aromatic carbocycles. The molecule has 2 aromatic rings. The van der Waals surface area contributed by atoms with Gasteiger partial charge < -0.3 is 5.32 Å². The number of hydrogen-bond donors (Lipinski definition) is 1. The monoisotopic (exact) mass is 315 g/mol. The molecule has 19 heavy (non-hydrogen) atoms. The van der Waals surface area contributed by atoms with Gasteiger partial charge in [-0.15, -0.1) is 0 Å². The van der Waals surface area contributed by atoms with Crippen LogP contribution in [-0.2, 0) is 0 Å². The Morgan fingerprint density at radius 1 is 1.05 bits per heavy atom. The molecule has 0 aliphatic heterocycles. The lowest BCUT2D eigenvalue weighted by Crippen LogP contribution is -2.02. The molecule has 0 fully saturated rings. The van der Waals surface area contributed by atoms with E-state index in [1.165, 1.54) is 22.4 Å². The molecule has 1 N–H and O–H groups in total. The largest absolute Gasteiger partial charge is 0.381 e. The van der Waals surface area contributed by atoms with Gasteiger partial charge in [-0.3, -0.25) is 0 Å². The van der Waals surface area contributed by atoms with Crippen LogP contribution in [0.4, 0.5) is 5.69 Å². The lowest BCUT2D eigenvalue weighted by molar-refractivity contribution is 1.26. The van der Waals surface area contributed by atoms with Crippen LogP contribution < -0.4 is 5.32 Å². The van der Waals surface area contributed by atoms with Gasteiger partial charge in [0.25, 0.3) is 0 Å². The first-order valence-corrected chi connectivity index (χ1v) is 7.18. The third-order valence-corrected chi connectivity index (χ3v) is 3.46. The zero-order chi connectivity index (χ0) is 13.7. The SMILES string of the molecule is Cc1cc(Br)cc(C)c1NCC=Cc1ccccc1. The maximum atomic E-state index is 3.52. The lowest BCUT2D eigenvalue weighted by atomic mass is 10.1. The Labute approximate surface area is 123 Å². The summed E-state index contributed by atoms with van der Waals surface area (Å²) in [5, 5.41) is 3.47. The van der Waals surface area contributed by atoms with Crippen molar-refractivity contribution in [3.8, 4) is 0 Å². The maximum absolute atomic E-state index is 3.52. The summed E-state index contributed by atoms with van der Waals surface area (Å²) in [6, 6.07) is 14.6. The van der Waals surface area contributed by atoms with Gasteiger partial charge in [-0.1, -0.05) is 58.4 Å². The van der Waals surface area contributed by atoms with Crippen LogP contribution in [0.2, 0.25) is 0 Å². The Morgan fingerprint density at radius 3 is 2.32 bits per heavy atom. The smallest absolute Gasteiger partial charge is 0.0402 e. The number of benzene rings is 2. The summed E-state index contributed by atoms with van der Waals surface area (Å²) in [7, 11) is 0. The van der Waals surface area contributed by atoms with Crippen LogP contribution in [0.1, 0.15) is 16.7 Å². The average molecular weight is 316 g/mol. The van der Waals surface area contributed by atoms with Crippen molar-refractivity contribution in [3.05, 3.63) is 69.7 Å². The van der Waals surface area contributed by atoms with Crippen LogP contribution in [-0.4, -0.2) is 6.54 Å². The molecule has 0 radical (unpaired) electrons. The number of halogens is 1. The molecule has 0 spiro atoms. The molecule has 0 aromatic heterocycles. The fraction of sp³-hybridized carbons (Fsp3) is 0.176. The quantitative estimate of drug-likeness (QED) is 0.818. The van der Waals surface area contributed by atoms with Gasteiger partial charge in [-0.2, -0.15) is 0 Å². The zero-order valence-electron chi connectivity index (χ0n) is 11.3. The average Bonchev–Trinajstić information content (AvgIpc) is 2.38. The molecule has 0 atom stereocenters. The Morgan fingerprint density at radius 2 is 1.68 bits per heavy atom. The van der Waals surface area contributed by atoms with E-state index in [2.05, 4.69) is 83.6 Å². The Hall–Kier alpha value is -1.54. The molecule has 2 heteroatoms. The first-order chi connectivity index (χ1) is 9.16. The zero-order valence-corrected chi connectivity index (χ0v) is 12.9. The van der Waals surface area contributed by atoms with E-state index in [1.807, 2.05) is 6.07 Å². The summed E-state index contributed by atoms with van der Waals surface area (Å²) in [6.45, 7) is 5.08. The third kappa shape index (κ3) is 3.97. The predicted octanol–water partition coefficient (Wildman–Crippen LogP) is 5.19. The number of rotatable bonds is 4. The van der Waals surface area contributed by atoms with Crippen LogP contribution in [0.3, 0.4) is 0 Å². The highest BCUT2D eigenvalue weighted by Crippen LogP contribution is 2.24. The van der Waals surface area contributed by atoms with E-state index in [1.54, 1.807) is 0 Å². The Balaban J connectivity index is 1.98. The van der Waals surface area contributed by atoms with Crippen molar-refractivity contribution in [3.63, 3.8) is 0 Å². The number of nitrogens with one attached hydrogen (secondary N) is 1. The normalized spacial score (nSPS) is 10.9. The van der Waals surface area contributed by atoms with Crippen LogP contribution in [0, 0.1) is 13.8 Å². The number of aryl methyl sites for hydroxylation is 2. The number of anilines is 1. The van der Waals surface area contributed by atoms with Gasteiger partial charge >= 0.3 is 0 Å². The van der Waals surface area contributed by atoms with Crippen molar-refractivity contribution >= 4 is 27.7 Å². The highest BCUT2D eigenvalue weighted by Gasteiger charge is 2.02. The minimum atomic E-state index is 0.832. The van der Waals surface area contributed by atoms with Crippen molar-refractivity contribution in [1.82, 2.24) is 0 Å². The molecule has 0 aliphatic rings. The minimum absolute atomic E-state index is 0.832. The molecule has 0 heterocycles. The molecule has 0 bridgehead atoms. The summed E-state index contributed by atoms with van der Waals surface area (Å²) in [6.07, 6.45) is 4.28. The van der Waals surface area contributed by atoms with Gasteiger partial charge in [-0.25, -0.2) is 0 Å². The predicted molar refractivity (Wildman–Crippen MR) is 87.6 cm³/mol. The van der Waals surface area contributed by atoms with Crippen molar-refractivity contribution in [2.75, 3.05) is 11.9 Å². The minimum Gasteiger partial charge on any atom is -0.381 e. The van der Waals surface area contributed by atoms with E-state index in [9.17, 15) is 0 Å². The van der Waals surface area contributed by atoms with E-state index in [-0.39, 0.29) is 0 Å². The van der Waals surface area contributed by atoms with E-state index in [4.69, 9.17) is 0 Å². The fourth-order valence-corrected chi connectivity index (χ4v) is 2.80. The van der Waals surface area contributed by atoms with Gasteiger partial charge in [-0.05, 0) is 42.7 Å². The van der Waals surface area contributed by atoms with Gasteiger partial charge in [0.05, 0.1) is 0 Å². The van der Waals surface area contributed by atoms with Gasteiger partial charge in [0.1, 0.15) is 0 Å². The second-order valence-corrected chi connectivity index (χ2v) is 5.52. The Kier molecular flexibility index (Phi) is 4.80. The molecule has 98 valence electrons. The Bertz CT molecular complexity index is 550. The summed E-state index contributed by atoms with van der Waals surface area (Å²) in [5.74, 6) is 0. The van der Waals surface area contributed by atoms with Crippen molar-refractivity contribution < 1.29 is 0 Å². The van der Waals surface area contributed by atoms with Gasteiger partial charge in [0.15, 0.2) is 0 Å². The number of hydrogen-bond acceptors (Lipinski definition) is 1. The summed E-state index contributed by atoms with van der Waals surface area (Å²) in [4.78, 5) is 0. The second-order valence-electron chi connectivity index (χ2n) is 4.61. The third-order valence-electron chi connectivity index (χ3n) is 3.00. The van der Waals surface area contributed by atoms with Crippen molar-refractivity contribution in [2.24, 2.45) is 0 Å². The first-order valence-electron chi connectivity index (χ1n) is 6.39. The van der Waals surface area contributed by atoms with Gasteiger partial charge in [0, 0.05) is 16.7 Å². The molecule has 0 saturated carbocycles. The summed E-state index contributed by atoms with van der Waals surface area (Å²) < 4.78 is 1.13. The topological polar surface area (TPSA) is 12.0 Å². The molecule has 0 aliphatic carbocycles. The molecular weight excluding hydrogens is 298 g/mol. The highest BCUT2D eigenvalue weighted by atomic mass is 79.9. The van der Waals surface area contributed by atoms with Crippen LogP contribution >= 0.6 is 15.9 Å². The van der Waals surface area contributed by atoms with Crippen LogP contribution in [0.5, 0.6) is 0 Å². The fourth-order valence-electron chi connectivity index (χ4n) is 2.11. The molecule has 0 saturated heterocycles. The van der Waals surface area contributed by atoms with Gasteiger partial charge in [0.2, 0.25) is 0 Å². The first kappa shape index (κ1) is 13.9. The van der Waals surface area contributed by atoms with E-state index in [0.717, 1.165) is 11.0 Å². The summed E-state index contributed by atoms with van der Waals surface area (Å²) in [5.41, 5.74) is 4.98. The lowest BCUT2D eigenvalue weighted by Gasteiger charge is -2.11. The van der Waals surface area contributed by atoms with Crippen LogP contribution in [0.25, 0.3) is 6.08 Å². The van der Waals surface area contributed by atoms with Crippen molar-refractivity contribution in [1.29, 1.82) is 0 Å². The van der Waals surface area contributed by atoms with E-state index >= 15 is 0 Å². The highest BCUT2D eigenvalue weighted by molar-refractivity contribution is 9.10. The van der Waals surface area contributed by atoms with E-state index in [0.29, 0.717) is 0 Å². The molecule has 0 unspecified atom stereocenters. The van der Waals surface area contributed by atoms with E-state index < -0.39 is 0 Å². The second kappa shape index (κ2) is 6.58. The standard InChI is InChI=1S/C17H18BrN/c1-13-11-16(18)12-14(2)17(13)19-10-6-9-15-7-4-3-5-8-15/h3-9,11-12,19H,10H2,1-2H3.